The van der Waals surface area contributed by atoms with Gasteiger partial charge in [0.15, 0.2) is 0 Å². The lowest BCUT2D eigenvalue weighted by Crippen LogP contribution is -2.59. The summed E-state index contributed by atoms with van der Waals surface area (Å²) in [6.07, 6.45) is -6.43. The van der Waals surface area contributed by atoms with E-state index in [4.69, 9.17) is 14.7 Å². The molecule has 1 aliphatic heterocycles. The maximum atomic E-state index is 9.86. The molecule has 1 saturated heterocycles. The van der Waals surface area contributed by atoms with Gasteiger partial charge in [-0.2, -0.15) is 5.48 Å². The average Bonchev–Trinajstić information content (AvgIpc) is 2.54. The molecule has 136 valence electrons. The molecule has 0 aliphatic carbocycles. The van der Waals surface area contributed by atoms with Crippen LogP contribution in [0.15, 0.2) is 24.3 Å². The summed E-state index contributed by atoms with van der Waals surface area (Å²) in [5.41, 5.74) is 4.97. The fraction of sp³-hybridized carbons (Fsp3) is 0.647. The Labute approximate surface area is 141 Å². The third kappa shape index (κ3) is 4.52. The van der Waals surface area contributed by atoms with Gasteiger partial charge in [0.1, 0.15) is 24.4 Å². The van der Waals surface area contributed by atoms with Crippen LogP contribution < -0.4 is 5.48 Å². The van der Waals surface area contributed by atoms with Gasteiger partial charge in [0.05, 0.1) is 6.61 Å². The Morgan fingerprint density at radius 1 is 1.04 bits per heavy atom. The lowest BCUT2D eigenvalue weighted by Gasteiger charge is -2.39. The number of nitrogens with one attached hydrogen (secondary N) is 1. The molecule has 7 nitrogen and oxygen atoms in total. The van der Waals surface area contributed by atoms with Crippen molar-refractivity contribution in [3.05, 3.63) is 35.4 Å². The molecule has 7 heteroatoms. The Morgan fingerprint density at radius 3 is 2.21 bits per heavy atom. The molecule has 5 atom stereocenters. The average molecular weight is 341 g/mol. The number of benzene rings is 1. The SMILES string of the molecule is CC(C)(C)c1ccc(CNO[C@@H]2O[C@H](CO)[C@H](O)[C@H](O)[C@H]2O)cc1. The molecule has 0 unspecified atom stereocenters. The third-order valence-corrected chi connectivity index (χ3v) is 4.14. The van der Waals surface area contributed by atoms with Gasteiger partial charge in [-0.05, 0) is 16.5 Å². The van der Waals surface area contributed by atoms with Crippen molar-refractivity contribution >= 4 is 0 Å². The molecule has 5 N–H and O–H groups in total. The maximum absolute atomic E-state index is 9.86. The lowest BCUT2D eigenvalue weighted by atomic mass is 9.87. The van der Waals surface area contributed by atoms with Gasteiger partial charge in [-0.25, -0.2) is 0 Å². The highest BCUT2D eigenvalue weighted by atomic mass is 16.8. The number of hydrogen-bond acceptors (Lipinski definition) is 7. The molecule has 1 aliphatic rings. The fourth-order valence-electron chi connectivity index (χ4n) is 2.49. The normalized spacial score (nSPS) is 31.2. The summed E-state index contributed by atoms with van der Waals surface area (Å²) >= 11 is 0. The Balaban J connectivity index is 1.87. The predicted molar refractivity (Wildman–Crippen MR) is 86.8 cm³/mol. The van der Waals surface area contributed by atoms with Crippen LogP contribution in [0, 0.1) is 0 Å². The van der Waals surface area contributed by atoms with Crippen molar-refractivity contribution < 1.29 is 30.0 Å². The quantitative estimate of drug-likeness (QED) is 0.472. The minimum Gasteiger partial charge on any atom is -0.394 e. The summed E-state index contributed by atoms with van der Waals surface area (Å²) in [4.78, 5) is 5.24. The van der Waals surface area contributed by atoms with Crippen LogP contribution in [0.2, 0.25) is 0 Å². The molecule has 2 rings (SSSR count). The van der Waals surface area contributed by atoms with E-state index in [1.165, 1.54) is 5.56 Å². The molecule has 0 amide bonds. The van der Waals surface area contributed by atoms with E-state index in [9.17, 15) is 15.3 Å². The highest BCUT2D eigenvalue weighted by Gasteiger charge is 2.44. The predicted octanol–water partition coefficient (Wildman–Crippen LogP) is -0.195. The molecule has 24 heavy (non-hydrogen) atoms. The number of hydrogen-bond donors (Lipinski definition) is 5. The van der Waals surface area contributed by atoms with Gasteiger partial charge in [-0.3, -0.25) is 4.84 Å². The van der Waals surface area contributed by atoms with Gasteiger partial charge in [0.2, 0.25) is 6.29 Å². The molecule has 1 aromatic carbocycles. The van der Waals surface area contributed by atoms with E-state index in [-0.39, 0.29) is 5.41 Å². The van der Waals surface area contributed by atoms with Crippen LogP contribution in [0.5, 0.6) is 0 Å². The van der Waals surface area contributed by atoms with Crippen LogP contribution >= 0.6 is 0 Å². The molecule has 0 bridgehead atoms. The highest BCUT2D eigenvalue weighted by molar-refractivity contribution is 5.27. The van der Waals surface area contributed by atoms with Crippen LogP contribution in [0.1, 0.15) is 31.9 Å². The van der Waals surface area contributed by atoms with E-state index in [0.717, 1.165) is 5.56 Å². The van der Waals surface area contributed by atoms with Crippen molar-refractivity contribution in [3.8, 4) is 0 Å². The summed E-state index contributed by atoms with van der Waals surface area (Å²) in [5, 5.41) is 38.4. The molecular weight excluding hydrogens is 314 g/mol. The second-order valence-corrected chi connectivity index (χ2v) is 7.08. The summed E-state index contributed by atoms with van der Waals surface area (Å²) in [6, 6.07) is 8.05. The highest BCUT2D eigenvalue weighted by Crippen LogP contribution is 2.23. The first-order valence-electron chi connectivity index (χ1n) is 8.02. The van der Waals surface area contributed by atoms with E-state index in [1.807, 2.05) is 24.3 Å². The smallest absolute Gasteiger partial charge is 0.206 e. The monoisotopic (exact) mass is 341 g/mol. The molecule has 1 aromatic rings. The van der Waals surface area contributed by atoms with Gasteiger partial charge in [0.25, 0.3) is 0 Å². The molecule has 0 radical (unpaired) electrons. The van der Waals surface area contributed by atoms with Crippen molar-refractivity contribution in [3.63, 3.8) is 0 Å². The van der Waals surface area contributed by atoms with Gasteiger partial charge in [-0.15, -0.1) is 0 Å². The fourth-order valence-corrected chi connectivity index (χ4v) is 2.49. The number of aliphatic hydroxyl groups is 4. The number of ether oxygens (including phenoxy) is 1. The maximum Gasteiger partial charge on any atom is 0.206 e. The van der Waals surface area contributed by atoms with Crippen molar-refractivity contribution in [2.45, 2.75) is 63.4 Å². The minimum atomic E-state index is -1.45. The van der Waals surface area contributed by atoms with E-state index in [1.54, 1.807) is 0 Å². The van der Waals surface area contributed by atoms with Crippen LogP contribution in [0.3, 0.4) is 0 Å². The van der Waals surface area contributed by atoms with Gasteiger partial charge in [0, 0.05) is 6.54 Å². The molecule has 0 saturated carbocycles. The summed E-state index contributed by atoms with van der Waals surface area (Å²) in [6.45, 7) is 6.31. The van der Waals surface area contributed by atoms with Crippen LogP contribution in [-0.4, -0.2) is 57.7 Å². The van der Waals surface area contributed by atoms with Crippen molar-refractivity contribution in [1.82, 2.24) is 5.48 Å². The van der Waals surface area contributed by atoms with Crippen molar-refractivity contribution in [1.29, 1.82) is 0 Å². The molecule has 1 fully saturated rings. The Hall–Kier alpha value is -1.06. The second kappa shape index (κ2) is 7.88. The first-order chi connectivity index (χ1) is 11.2. The minimum absolute atomic E-state index is 0.0821. The van der Waals surface area contributed by atoms with Gasteiger partial charge < -0.3 is 25.2 Å². The van der Waals surface area contributed by atoms with Crippen molar-refractivity contribution in [2.75, 3.05) is 6.61 Å². The first-order valence-corrected chi connectivity index (χ1v) is 8.02. The van der Waals surface area contributed by atoms with Crippen LogP contribution in [-0.2, 0) is 21.5 Å². The zero-order valence-corrected chi connectivity index (χ0v) is 14.2. The molecule has 0 spiro atoms. The topological polar surface area (TPSA) is 111 Å². The molecule has 1 heterocycles. The van der Waals surface area contributed by atoms with E-state index in [2.05, 4.69) is 26.3 Å². The van der Waals surface area contributed by atoms with Crippen LogP contribution in [0.4, 0.5) is 0 Å². The number of aliphatic hydroxyl groups excluding tert-OH is 4. The Morgan fingerprint density at radius 2 is 1.67 bits per heavy atom. The zero-order chi connectivity index (χ0) is 17.9. The summed E-state index contributed by atoms with van der Waals surface area (Å²) in [7, 11) is 0. The largest absolute Gasteiger partial charge is 0.394 e. The van der Waals surface area contributed by atoms with E-state index >= 15 is 0 Å². The zero-order valence-electron chi connectivity index (χ0n) is 14.2. The summed E-state index contributed by atoms with van der Waals surface area (Å²) in [5.74, 6) is 0. The first kappa shape index (κ1) is 19.3. The Kier molecular flexibility index (Phi) is 6.33. The van der Waals surface area contributed by atoms with Gasteiger partial charge >= 0.3 is 0 Å². The van der Waals surface area contributed by atoms with Crippen LogP contribution in [0.25, 0.3) is 0 Å². The van der Waals surface area contributed by atoms with Gasteiger partial charge in [-0.1, -0.05) is 45.0 Å². The molecule has 0 aromatic heterocycles. The Bertz CT molecular complexity index is 513. The van der Waals surface area contributed by atoms with E-state index in [0.29, 0.717) is 6.54 Å². The standard InChI is InChI=1S/C17H27NO6/c1-17(2,3)11-6-4-10(5-7-11)8-18-24-16-15(22)14(21)13(20)12(9-19)23-16/h4-7,12-16,18-22H,8-9H2,1-3H3/t12-,13+,14+,15-,16+/m1/s1. The lowest BCUT2D eigenvalue weighted by molar-refractivity contribution is -0.316. The number of rotatable bonds is 5. The van der Waals surface area contributed by atoms with Crippen molar-refractivity contribution in [2.24, 2.45) is 0 Å². The molecular formula is C17H27NO6. The summed E-state index contributed by atoms with van der Waals surface area (Å²) < 4.78 is 5.24. The van der Waals surface area contributed by atoms with E-state index < -0.39 is 37.3 Å². The number of hydroxylamine groups is 1. The third-order valence-electron chi connectivity index (χ3n) is 4.14. The second-order valence-electron chi connectivity index (χ2n) is 7.08.